The lowest BCUT2D eigenvalue weighted by molar-refractivity contribution is -0.125. The number of nitrogens with zero attached hydrogens (tertiary/aromatic N) is 4. The summed E-state index contributed by atoms with van der Waals surface area (Å²) in [6.07, 6.45) is 6.81. The normalized spacial score (nSPS) is 16.1. The summed E-state index contributed by atoms with van der Waals surface area (Å²) in [4.78, 5) is 25.5. The number of ether oxygens (including phenoxy) is 1. The average molecular weight is 383 g/mol. The van der Waals surface area contributed by atoms with E-state index in [2.05, 4.69) is 31.2 Å². The molecule has 1 aromatic heterocycles. The Morgan fingerprint density at radius 1 is 1.32 bits per heavy atom. The molecule has 0 spiro atoms. The molecule has 7 heteroatoms. The predicted molar refractivity (Wildman–Crippen MR) is 109 cm³/mol. The molecule has 1 aliphatic heterocycles. The molecule has 1 aromatic carbocycles. The van der Waals surface area contributed by atoms with Crippen molar-refractivity contribution in [1.29, 1.82) is 0 Å². The number of hydrogen-bond acceptors (Lipinski definition) is 6. The zero-order valence-electron chi connectivity index (χ0n) is 16.8. The average Bonchev–Trinajstić information content (AvgIpc) is 2.74. The van der Waals surface area contributed by atoms with Gasteiger partial charge in [-0.25, -0.2) is 4.98 Å². The molecule has 7 nitrogen and oxygen atoms in total. The Labute approximate surface area is 166 Å². The van der Waals surface area contributed by atoms with E-state index in [-0.39, 0.29) is 17.9 Å². The molecule has 0 aliphatic carbocycles. The van der Waals surface area contributed by atoms with Crippen LogP contribution in [-0.4, -0.2) is 61.6 Å². The predicted octanol–water partition coefficient (Wildman–Crippen LogP) is 2.12. The number of carbonyl (C=O) groups excluding carboxylic acids is 1. The van der Waals surface area contributed by atoms with Crippen molar-refractivity contribution in [3.05, 3.63) is 48.4 Å². The smallest absolute Gasteiger partial charge is 0.223 e. The third-order valence-electron chi connectivity index (χ3n) is 5.31. The molecular formula is C21H29N5O2. The Hall–Kier alpha value is -2.67. The zero-order valence-corrected chi connectivity index (χ0v) is 16.8. The maximum atomic E-state index is 12.7. The number of amides is 1. The van der Waals surface area contributed by atoms with E-state index < -0.39 is 0 Å². The van der Waals surface area contributed by atoms with Crippen LogP contribution in [0.4, 0.5) is 5.82 Å². The number of hydrogen-bond donors (Lipinski definition) is 1. The molecule has 3 rings (SSSR count). The van der Waals surface area contributed by atoms with Crippen molar-refractivity contribution in [1.82, 2.24) is 20.2 Å². The highest BCUT2D eigenvalue weighted by Gasteiger charge is 2.26. The number of likely N-dealkylation sites (N-methyl/N-ethyl adjacent to an activating group) is 1. The third kappa shape index (κ3) is 4.98. The Balaban J connectivity index is 1.54. The van der Waals surface area contributed by atoms with Crippen LogP contribution in [0.25, 0.3) is 0 Å². The van der Waals surface area contributed by atoms with Crippen LogP contribution in [-0.2, 0) is 4.79 Å². The molecule has 1 unspecified atom stereocenters. The van der Waals surface area contributed by atoms with Crippen LogP contribution in [0, 0.1) is 5.92 Å². The van der Waals surface area contributed by atoms with Crippen LogP contribution in [0.2, 0.25) is 0 Å². The molecule has 28 heavy (non-hydrogen) atoms. The van der Waals surface area contributed by atoms with Crippen LogP contribution in [0.5, 0.6) is 5.75 Å². The van der Waals surface area contributed by atoms with Gasteiger partial charge in [0.1, 0.15) is 11.6 Å². The van der Waals surface area contributed by atoms with Gasteiger partial charge in [-0.05, 0) is 44.6 Å². The van der Waals surface area contributed by atoms with Gasteiger partial charge in [-0.15, -0.1) is 0 Å². The summed E-state index contributed by atoms with van der Waals surface area (Å²) in [5.74, 6) is 1.88. The Morgan fingerprint density at radius 3 is 2.75 bits per heavy atom. The standard InChI is InChI=1S/C21H29N5O2/c1-25(2)19(17-5-4-6-18(13-17)28-3)14-24-21(27)16-7-11-26(12-8-16)20-15-22-9-10-23-20/h4-6,9-10,13,15-16,19H,7-8,11-12,14H2,1-3H3,(H,24,27). The summed E-state index contributed by atoms with van der Waals surface area (Å²) >= 11 is 0. The van der Waals surface area contributed by atoms with Gasteiger partial charge in [0.25, 0.3) is 0 Å². The number of methoxy groups -OCH3 is 1. The van der Waals surface area contributed by atoms with Crippen LogP contribution in [0.15, 0.2) is 42.9 Å². The summed E-state index contributed by atoms with van der Waals surface area (Å²) in [6, 6.07) is 8.10. The van der Waals surface area contributed by atoms with Gasteiger partial charge in [0, 0.05) is 37.9 Å². The topological polar surface area (TPSA) is 70.6 Å². The zero-order chi connectivity index (χ0) is 19.9. The van der Waals surface area contributed by atoms with E-state index in [4.69, 9.17) is 4.74 Å². The molecule has 2 heterocycles. The molecule has 0 saturated carbocycles. The largest absolute Gasteiger partial charge is 0.497 e. The lowest BCUT2D eigenvalue weighted by Crippen LogP contribution is -2.43. The van der Waals surface area contributed by atoms with Crippen LogP contribution >= 0.6 is 0 Å². The van der Waals surface area contributed by atoms with Gasteiger partial charge in [-0.1, -0.05) is 12.1 Å². The van der Waals surface area contributed by atoms with Gasteiger partial charge in [0.15, 0.2) is 0 Å². The number of nitrogens with one attached hydrogen (secondary N) is 1. The molecule has 1 aliphatic rings. The SMILES string of the molecule is COc1cccc(C(CNC(=O)C2CCN(c3cnccn3)CC2)N(C)C)c1. The van der Waals surface area contributed by atoms with E-state index in [0.717, 1.165) is 43.1 Å². The molecule has 0 radical (unpaired) electrons. The fraction of sp³-hybridized carbons (Fsp3) is 0.476. The first kappa shape index (κ1) is 20.1. The van der Waals surface area contributed by atoms with Gasteiger partial charge in [-0.2, -0.15) is 0 Å². The van der Waals surface area contributed by atoms with E-state index in [1.807, 2.05) is 32.3 Å². The second-order valence-electron chi connectivity index (χ2n) is 7.33. The Bertz CT molecular complexity index is 760. The maximum Gasteiger partial charge on any atom is 0.223 e. The molecule has 2 aromatic rings. The van der Waals surface area contributed by atoms with Crippen molar-refractivity contribution in [3.63, 3.8) is 0 Å². The molecular weight excluding hydrogens is 354 g/mol. The van der Waals surface area contributed by atoms with E-state index in [0.29, 0.717) is 6.54 Å². The van der Waals surface area contributed by atoms with Crippen molar-refractivity contribution in [2.75, 3.05) is 45.7 Å². The van der Waals surface area contributed by atoms with E-state index in [1.54, 1.807) is 25.7 Å². The Kier molecular flexibility index (Phi) is 6.81. The monoisotopic (exact) mass is 383 g/mol. The second kappa shape index (κ2) is 9.50. The Morgan fingerprint density at radius 2 is 2.11 bits per heavy atom. The van der Waals surface area contributed by atoms with Crippen molar-refractivity contribution < 1.29 is 9.53 Å². The minimum Gasteiger partial charge on any atom is -0.497 e. The minimum absolute atomic E-state index is 0.0426. The summed E-state index contributed by atoms with van der Waals surface area (Å²) in [7, 11) is 5.71. The first-order chi connectivity index (χ1) is 13.6. The number of piperidine rings is 1. The fourth-order valence-electron chi connectivity index (χ4n) is 3.61. The van der Waals surface area contributed by atoms with Crippen molar-refractivity contribution >= 4 is 11.7 Å². The molecule has 1 atom stereocenters. The molecule has 150 valence electrons. The number of aromatic nitrogens is 2. The van der Waals surface area contributed by atoms with E-state index in [1.165, 1.54) is 0 Å². The van der Waals surface area contributed by atoms with Crippen molar-refractivity contribution in [2.24, 2.45) is 5.92 Å². The number of benzene rings is 1. The van der Waals surface area contributed by atoms with Gasteiger partial charge in [0.05, 0.1) is 19.3 Å². The molecule has 1 fully saturated rings. The minimum atomic E-state index is 0.0426. The lowest BCUT2D eigenvalue weighted by Gasteiger charge is -2.32. The third-order valence-corrected chi connectivity index (χ3v) is 5.31. The molecule has 0 bridgehead atoms. The first-order valence-electron chi connectivity index (χ1n) is 9.67. The molecule has 1 amide bonds. The van der Waals surface area contributed by atoms with Crippen LogP contribution in [0.1, 0.15) is 24.4 Å². The highest BCUT2D eigenvalue weighted by Crippen LogP contribution is 2.24. The number of rotatable bonds is 7. The molecule has 1 N–H and O–H groups in total. The quantitative estimate of drug-likeness (QED) is 0.790. The number of anilines is 1. The van der Waals surface area contributed by atoms with Gasteiger partial charge < -0.3 is 19.9 Å². The van der Waals surface area contributed by atoms with Gasteiger partial charge in [-0.3, -0.25) is 9.78 Å². The lowest BCUT2D eigenvalue weighted by atomic mass is 9.95. The highest BCUT2D eigenvalue weighted by atomic mass is 16.5. The summed E-state index contributed by atoms with van der Waals surface area (Å²) in [5, 5.41) is 3.16. The highest BCUT2D eigenvalue weighted by molar-refractivity contribution is 5.79. The van der Waals surface area contributed by atoms with Crippen molar-refractivity contribution in [3.8, 4) is 5.75 Å². The fourth-order valence-corrected chi connectivity index (χ4v) is 3.61. The van der Waals surface area contributed by atoms with E-state index in [9.17, 15) is 4.79 Å². The van der Waals surface area contributed by atoms with Crippen LogP contribution < -0.4 is 15.0 Å². The van der Waals surface area contributed by atoms with Crippen LogP contribution in [0.3, 0.4) is 0 Å². The number of carbonyl (C=O) groups is 1. The van der Waals surface area contributed by atoms with E-state index >= 15 is 0 Å². The second-order valence-corrected chi connectivity index (χ2v) is 7.33. The summed E-state index contributed by atoms with van der Waals surface area (Å²) in [6.45, 7) is 2.22. The maximum absolute atomic E-state index is 12.7. The summed E-state index contributed by atoms with van der Waals surface area (Å²) < 4.78 is 5.33. The molecule has 1 saturated heterocycles. The van der Waals surface area contributed by atoms with Gasteiger partial charge in [0.2, 0.25) is 5.91 Å². The summed E-state index contributed by atoms with van der Waals surface area (Å²) in [5.41, 5.74) is 1.13. The van der Waals surface area contributed by atoms with Gasteiger partial charge >= 0.3 is 0 Å². The first-order valence-corrected chi connectivity index (χ1v) is 9.67. The van der Waals surface area contributed by atoms with Crippen molar-refractivity contribution in [2.45, 2.75) is 18.9 Å².